The van der Waals surface area contributed by atoms with E-state index in [0.717, 1.165) is 37.3 Å². The third-order valence-electron chi connectivity index (χ3n) is 4.84. The normalized spacial score (nSPS) is 12.4. The number of rotatable bonds is 3. The maximum Gasteiger partial charge on any atom is 0.276 e. The molecule has 0 fully saturated rings. The fourth-order valence-electron chi connectivity index (χ4n) is 3.55. The summed E-state index contributed by atoms with van der Waals surface area (Å²) in [6.45, 7) is 7.54. The van der Waals surface area contributed by atoms with Gasteiger partial charge in [0.1, 0.15) is 6.04 Å². The molecule has 2 heterocycles. The number of benzene rings is 2. The van der Waals surface area contributed by atoms with E-state index in [1.165, 1.54) is 4.68 Å². The highest BCUT2D eigenvalue weighted by Crippen LogP contribution is 2.33. The number of nitrogens with zero attached hydrogens (tertiary/aromatic N) is 2. The van der Waals surface area contributed by atoms with Crippen molar-refractivity contribution < 1.29 is 4.79 Å². The van der Waals surface area contributed by atoms with E-state index in [2.05, 4.69) is 10.4 Å². The SMILES string of the molecule is Cc1cc(C)cc(NC(=O)[C@@H](C)n2nc(C)c3sc4ccccc4c3c2=O)c1. The number of anilines is 1. The van der Waals surface area contributed by atoms with Crippen LogP contribution in [0.4, 0.5) is 5.69 Å². The maximum absolute atomic E-state index is 13.2. The van der Waals surface area contributed by atoms with Gasteiger partial charge in [0.25, 0.3) is 5.56 Å². The number of aromatic nitrogens is 2. The van der Waals surface area contributed by atoms with Gasteiger partial charge in [0.15, 0.2) is 0 Å². The van der Waals surface area contributed by atoms with Crippen molar-refractivity contribution in [1.82, 2.24) is 9.78 Å². The Balaban J connectivity index is 1.77. The summed E-state index contributed by atoms with van der Waals surface area (Å²) < 4.78 is 3.23. The number of hydrogen-bond acceptors (Lipinski definition) is 4. The minimum absolute atomic E-state index is 0.235. The molecule has 1 N–H and O–H groups in total. The van der Waals surface area contributed by atoms with Crippen LogP contribution < -0.4 is 10.9 Å². The molecule has 1 atom stereocenters. The lowest BCUT2D eigenvalue weighted by Gasteiger charge is -2.15. The van der Waals surface area contributed by atoms with Crippen molar-refractivity contribution in [2.45, 2.75) is 33.7 Å². The Morgan fingerprint density at radius 3 is 2.50 bits per heavy atom. The van der Waals surface area contributed by atoms with Gasteiger partial charge in [-0.1, -0.05) is 24.3 Å². The van der Waals surface area contributed by atoms with Gasteiger partial charge in [-0.2, -0.15) is 5.10 Å². The van der Waals surface area contributed by atoms with E-state index in [1.54, 1.807) is 18.3 Å². The average Bonchev–Trinajstić information content (AvgIpc) is 3.03. The lowest BCUT2D eigenvalue weighted by atomic mass is 10.1. The van der Waals surface area contributed by atoms with E-state index in [0.29, 0.717) is 5.39 Å². The first-order chi connectivity index (χ1) is 13.3. The molecule has 0 bridgehead atoms. The summed E-state index contributed by atoms with van der Waals surface area (Å²) >= 11 is 1.56. The van der Waals surface area contributed by atoms with Crippen molar-refractivity contribution in [3.05, 3.63) is 69.6 Å². The van der Waals surface area contributed by atoms with Crippen molar-refractivity contribution in [2.24, 2.45) is 0 Å². The molecule has 0 spiro atoms. The largest absolute Gasteiger partial charge is 0.324 e. The molecule has 0 unspecified atom stereocenters. The molecule has 6 heteroatoms. The molecule has 2 aromatic carbocycles. The number of carbonyl (C=O) groups is 1. The second kappa shape index (κ2) is 6.87. The van der Waals surface area contributed by atoms with Crippen molar-refractivity contribution >= 4 is 43.1 Å². The van der Waals surface area contributed by atoms with Gasteiger partial charge >= 0.3 is 0 Å². The van der Waals surface area contributed by atoms with Crippen molar-refractivity contribution in [2.75, 3.05) is 5.32 Å². The number of amides is 1. The van der Waals surface area contributed by atoms with Crippen LogP contribution in [-0.2, 0) is 4.79 Å². The Bertz CT molecular complexity index is 1270. The van der Waals surface area contributed by atoms with E-state index in [-0.39, 0.29) is 11.5 Å². The van der Waals surface area contributed by atoms with E-state index in [4.69, 9.17) is 0 Å². The van der Waals surface area contributed by atoms with Gasteiger partial charge in [-0.3, -0.25) is 9.59 Å². The Morgan fingerprint density at radius 2 is 1.79 bits per heavy atom. The molecule has 0 radical (unpaired) electrons. The summed E-state index contributed by atoms with van der Waals surface area (Å²) in [5, 5.41) is 8.91. The first kappa shape index (κ1) is 18.4. The molecule has 0 saturated heterocycles. The predicted octanol–water partition coefficient (Wildman–Crippen LogP) is 4.74. The third-order valence-corrected chi connectivity index (χ3v) is 6.12. The van der Waals surface area contributed by atoms with Gasteiger partial charge < -0.3 is 5.32 Å². The number of hydrogen-bond donors (Lipinski definition) is 1. The zero-order valence-electron chi connectivity index (χ0n) is 16.2. The minimum Gasteiger partial charge on any atom is -0.324 e. The van der Waals surface area contributed by atoms with Crippen molar-refractivity contribution in [1.29, 1.82) is 0 Å². The Labute approximate surface area is 166 Å². The molecule has 5 nitrogen and oxygen atoms in total. The van der Waals surface area contributed by atoms with Gasteiger partial charge in [0.2, 0.25) is 5.91 Å². The number of aryl methyl sites for hydroxylation is 3. The molecule has 0 aliphatic rings. The lowest BCUT2D eigenvalue weighted by molar-refractivity contribution is -0.119. The quantitative estimate of drug-likeness (QED) is 0.549. The lowest BCUT2D eigenvalue weighted by Crippen LogP contribution is -2.33. The number of nitrogens with one attached hydrogen (secondary N) is 1. The van der Waals surface area contributed by atoms with Crippen LogP contribution in [-0.4, -0.2) is 15.7 Å². The summed E-state index contributed by atoms with van der Waals surface area (Å²) in [5.74, 6) is -0.266. The minimum atomic E-state index is -0.727. The third kappa shape index (κ3) is 3.10. The van der Waals surface area contributed by atoms with Crippen LogP contribution in [0.5, 0.6) is 0 Å². The highest BCUT2D eigenvalue weighted by molar-refractivity contribution is 7.26. The zero-order valence-corrected chi connectivity index (χ0v) is 17.1. The summed E-state index contributed by atoms with van der Waals surface area (Å²) in [5.41, 5.74) is 3.38. The Kier molecular flexibility index (Phi) is 4.51. The van der Waals surface area contributed by atoms with Crippen molar-refractivity contribution in [3.63, 3.8) is 0 Å². The summed E-state index contributed by atoms with van der Waals surface area (Å²) in [4.78, 5) is 26.0. The van der Waals surface area contributed by atoms with Crippen LogP contribution in [0.25, 0.3) is 20.2 Å². The fraction of sp³-hybridized carbons (Fsp3) is 0.227. The van der Waals surface area contributed by atoms with Crippen LogP contribution in [0.3, 0.4) is 0 Å². The first-order valence-electron chi connectivity index (χ1n) is 9.15. The molecule has 1 amide bonds. The standard InChI is InChI=1S/C22H21N3O2S/c1-12-9-13(2)11-16(10-12)23-21(26)15(4)25-22(27)19-17-7-5-6-8-18(17)28-20(19)14(3)24-25/h5-11,15H,1-4H3,(H,23,26)/t15-/m1/s1. The number of carbonyl (C=O) groups excluding carboxylic acids is 1. The molecular weight excluding hydrogens is 370 g/mol. The van der Waals surface area contributed by atoms with Gasteiger partial charge in [-0.05, 0) is 57.0 Å². The zero-order chi connectivity index (χ0) is 20.0. The highest BCUT2D eigenvalue weighted by atomic mass is 32.1. The Hall–Kier alpha value is -2.99. The summed E-state index contributed by atoms with van der Waals surface area (Å²) in [6.07, 6.45) is 0. The van der Waals surface area contributed by atoms with Gasteiger partial charge in [-0.25, -0.2) is 4.68 Å². The molecule has 0 saturated carbocycles. The second-order valence-corrected chi connectivity index (χ2v) is 8.23. The highest BCUT2D eigenvalue weighted by Gasteiger charge is 2.22. The predicted molar refractivity (Wildman–Crippen MR) is 115 cm³/mol. The van der Waals surface area contributed by atoms with Gasteiger partial charge in [0.05, 0.1) is 15.8 Å². The van der Waals surface area contributed by atoms with Crippen molar-refractivity contribution in [3.8, 4) is 0 Å². The molecule has 0 aliphatic carbocycles. The van der Waals surface area contributed by atoms with E-state index >= 15 is 0 Å². The molecule has 4 rings (SSSR count). The monoisotopic (exact) mass is 391 g/mol. The van der Waals surface area contributed by atoms with E-state index in [9.17, 15) is 9.59 Å². The smallest absolute Gasteiger partial charge is 0.276 e. The van der Waals surface area contributed by atoms with Crippen LogP contribution in [0.2, 0.25) is 0 Å². The van der Waals surface area contributed by atoms with E-state index < -0.39 is 6.04 Å². The van der Waals surface area contributed by atoms with Gasteiger partial charge in [0, 0.05) is 15.8 Å². The topological polar surface area (TPSA) is 64.0 Å². The molecule has 4 aromatic rings. The Morgan fingerprint density at radius 1 is 1.11 bits per heavy atom. The maximum atomic E-state index is 13.2. The van der Waals surface area contributed by atoms with Crippen LogP contribution >= 0.6 is 11.3 Å². The molecule has 0 aliphatic heterocycles. The van der Waals surface area contributed by atoms with Gasteiger partial charge in [-0.15, -0.1) is 11.3 Å². The number of fused-ring (bicyclic) bond motifs is 3. The molecule has 2 aromatic heterocycles. The molecule has 142 valence electrons. The molecular formula is C22H21N3O2S. The van der Waals surface area contributed by atoms with E-state index in [1.807, 2.05) is 63.2 Å². The van der Waals surface area contributed by atoms with Crippen LogP contribution in [0.15, 0.2) is 47.3 Å². The molecule has 28 heavy (non-hydrogen) atoms. The average molecular weight is 391 g/mol. The fourth-order valence-corrected chi connectivity index (χ4v) is 4.68. The van der Waals surface area contributed by atoms with Crippen LogP contribution in [0.1, 0.15) is 29.8 Å². The number of thiophene rings is 1. The summed E-state index contributed by atoms with van der Waals surface area (Å²) in [7, 11) is 0. The van der Waals surface area contributed by atoms with Crippen LogP contribution in [0, 0.1) is 20.8 Å². The first-order valence-corrected chi connectivity index (χ1v) is 9.96. The summed E-state index contributed by atoms with van der Waals surface area (Å²) in [6, 6.07) is 13.0. The second-order valence-electron chi connectivity index (χ2n) is 7.18.